The molecular formula is C10H17N3O. The van der Waals surface area contributed by atoms with Crippen molar-refractivity contribution >= 4 is 5.82 Å². The lowest BCUT2D eigenvalue weighted by molar-refractivity contribution is 0.259. The molecule has 0 aliphatic rings. The normalized spacial score (nSPS) is 10.4. The summed E-state index contributed by atoms with van der Waals surface area (Å²) in [5, 5.41) is 2.99. The lowest BCUT2D eigenvalue weighted by Crippen LogP contribution is -2.08. The summed E-state index contributed by atoms with van der Waals surface area (Å²) in [7, 11) is 1.83. The van der Waals surface area contributed by atoms with E-state index in [1.807, 2.05) is 14.0 Å². The van der Waals surface area contributed by atoms with Crippen LogP contribution in [0.4, 0.5) is 5.82 Å². The van der Waals surface area contributed by atoms with Crippen LogP contribution < -0.4 is 10.1 Å². The molecule has 0 unspecified atom stereocenters. The summed E-state index contributed by atoms with van der Waals surface area (Å²) < 4.78 is 5.55. The van der Waals surface area contributed by atoms with E-state index in [-0.39, 0.29) is 0 Å². The maximum absolute atomic E-state index is 5.55. The Morgan fingerprint density at radius 2 is 2.14 bits per heavy atom. The zero-order valence-corrected chi connectivity index (χ0v) is 9.16. The smallest absolute Gasteiger partial charge is 0.221 e. The molecule has 1 aromatic rings. The first kappa shape index (κ1) is 10.8. The fraction of sp³-hybridized carbons (Fsp3) is 0.600. The lowest BCUT2D eigenvalue weighted by atomic mass is 10.2. The summed E-state index contributed by atoms with van der Waals surface area (Å²) in [4.78, 5) is 8.17. The van der Waals surface area contributed by atoms with Gasteiger partial charge in [-0.25, -0.2) is 9.97 Å². The van der Waals surface area contributed by atoms with Crippen molar-refractivity contribution in [3.63, 3.8) is 0 Å². The van der Waals surface area contributed by atoms with Crippen LogP contribution in [-0.4, -0.2) is 23.6 Å². The van der Waals surface area contributed by atoms with Crippen molar-refractivity contribution in [3.8, 4) is 5.88 Å². The van der Waals surface area contributed by atoms with Crippen LogP contribution in [-0.2, 0) is 0 Å². The summed E-state index contributed by atoms with van der Waals surface area (Å²) in [6.07, 6.45) is 1.51. The second kappa shape index (κ2) is 4.79. The van der Waals surface area contributed by atoms with E-state index in [1.165, 1.54) is 6.33 Å². The SMILES string of the molecule is CNc1ncnc(OCC(C)C)c1C. The van der Waals surface area contributed by atoms with E-state index < -0.39 is 0 Å². The molecule has 4 heteroatoms. The Hall–Kier alpha value is -1.32. The molecule has 0 saturated carbocycles. The van der Waals surface area contributed by atoms with E-state index in [1.54, 1.807) is 0 Å². The number of nitrogens with one attached hydrogen (secondary N) is 1. The first-order valence-corrected chi connectivity index (χ1v) is 4.77. The van der Waals surface area contributed by atoms with Gasteiger partial charge < -0.3 is 10.1 Å². The highest BCUT2D eigenvalue weighted by atomic mass is 16.5. The van der Waals surface area contributed by atoms with Crippen molar-refractivity contribution < 1.29 is 4.74 Å². The summed E-state index contributed by atoms with van der Waals surface area (Å²) in [5.41, 5.74) is 0.954. The van der Waals surface area contributed by atoms with Gasteiger partial charge in [0.25, 0.3) is 0 Å². The standard InChI is InChI=1S/C10H17N3O/c1-7(2)5-14-10-8(3)9(11-4)12-6-13-10/h6-7H,5H2,1-4H3,(H,11,12,13). The molecule has 0 saturated heterocycles. The highest BCUT2D eigenvalue weighted by Gasteiger charge is 2.06. The number of nitrogens with zero attached hydrogens (tertiary/aromatic N) is 2. The third-order valence-corrected chi connectivity index (χ3v) is 1.83. The fourth-order valence-electron chi connectivity index (χ4n) is 1.08. The van der Waals surface area contributed by atoms with Crippen LogP contribution in [0.3, 0.4) is 0 Å². The Labute approximate surface area is 84.7 Å². The quantitative estimate of drug-likeness (QED) is 0.796. The van der Waals surface area contributed by atoms with E-state index in [4.69, 9.17) is 4.74 Å². The number of hydrogen-bond donors (Lipinski definition) is 1. The third kappa shape index (κ3) is 2.58. The van der Waals surface area contributed by atoms with Gasteiger partial charge >= 0.3 is 0 Å². The van der Waals surface area contributed by atoms with Gasteiger partial charge in [0, 0.05) is 7.05 Å². The average molecular weight is 195 g/mol. The molecule has 1 heterocycles. The van der Waals surface area contributed by atoms with Gasteiger partial charge in [-0.3, -0.25) is 0 Å². The van der Waals surface area contributed by atoms with Gasteiger partial charge in [0.1, 0.15) is 12.1 Å². The highest BCUT2D eigenvalue weighted by molar-refractivity contribution is 5.46. The molecule has 1 N–H and O–H groups in total. The van der Waals surface area contributed by atoms with Crippen LogP contribution >= 0.6 is 0 Å². The number of ether oxygens (including phenoxy) is 1. The Bertz CT molecular complexity index is 299. The van der Waals surface area contributed by atoms with Crippen molar-refractivity contribution in [2.45, 2.75) is 20.8 Å². The van der Waals surface area contributed by atoms with Crippen molar-refractivity contribution in [2.24, 2.45) is 5.92 Å². The van der Waals surface area contributed by atoms with Crippen LogP contribution in [0.5, 0.6) is 5.88 Å². The molecule has 0 aliphatic carbocycles. The van der Waals surface area contributed by atoms with E-state index >= 15 is 0 Å². The molecule has 78 valence electrons. The van der Waals surface area contributed by atoms with Gasteiger partial charge in [-0.1, -0.05) is 13.8 Å². The van der Waals surface area contributed by atoms with Gasteiger partial charge in [0.2, 0.25) is 5.88 Å². The van der Waals surface area contributed by atoms with Crippen molar-refractivity contribution in [2.75, 3.05) is 19.0 Å². The van der Waals surface area contributed by atoms with Crippen LogP contribution in [0.2, 0.25) is 0 Å². The van der Waals surface area contributed by atoms with Crippen molar-refractivity contribution in [1.29, 1.82) is 0 Å². The predicted octanol–water partition coefficient (Wildman–Crippen LogP) is 1.86. The van der Waals surface area contributed by atoms with Crippen molar-refractivity contribution in [1.82, 2.24) is 9.97 Å². The van der Waals surface area contributed by atoms with Crippen LogP contribution in [0.25, 0.3) is 0 Å². The average Bonchev–Trinajstić information content (AvgIpc) is 2.16. The van der Waals surface area contributed by atoms with E-state index in [9.17, 15) is 0 Å². The number of anilines is 1. The van der Waals surface area contributed by atoms with Gasteiger partial charge in [-0.15, -0.1) is 0 Å². The zero-order chi connectivity index (χ0) is 10.6. The molecule has 1 rings (SSSR count). The molecule has 0 amide bonds. The molecule has 0 aliphatic heterocycles. The van der Waals surface area contributed by atoms with Gasteiger partial charge in [0.15, 0.2) is 0 Å². The summed E-state index contributed by atoms with van der Waals surface area (Å²) in [6.45, 7) is 6.84. The molecule has 0 radical (unpaired) electrons. The predicted molar refractivity (Wildman–Crippen MR) is 56.6 cm³/mol. The van der Waals surface area contributed by atoms with Crippen molar-refractivity contribution in [3.05, 3.63) is 11.9 Å². The first-order valence-electron chi connectivity index (χ1n) is 4.77. The summed E-state index contributed by atoms with van der Waals surface area (Å²) >= 11 is 0. The topological polar surface area (TPSA) is 47.0 Å². The molecule has 0 atom stereocenters. The monoisotopic (exact) mass is 195 g/mol. The summed E-state index contributed by atoms with van der Waals surface area (Å²) in [6, 6.07) is 0. The Morgan fingerprint density at radius 3 is 2.71 bits per heavy atom. The molecule has 0 spiro atoms. The number of rotatable bonds is 4. The lowest BCUT2D eigenvalue weighted by Gasteiger charge is -2.11. The molecule has 0 fully saturated rings. The maximum atomic E-state index is 5.55. The first-order chi connectivity index (χ1) is 6.65. The molecule has 0 bridgehead atoms. The Morgan fingerprint density at radius 1 is 1.43 bits per heavy atom. The van der Waals surface area contributed by atoms with Gasteiger partial charge in [0.05, 0.1) is 12.2 Å². The molecule has 4 nitrogen and oxygen atoms in total. The van der Waals surface area contributed by atoms with Crippen LogP contribution in [0, 0.1) is 12.8 Å². The molecular weight excluding hydrogens is 178 g/mol. The number of hydrogen-bond acceptors (Lipinski definition) is 4. The Balaban J connectivity index is 2.76. The fourth-order valence-corrected chi connectivity index (χ4v) is 1.08. The summed E-state index contributed by atoms with van der Waals surface area (Å²) in [5.74, 6) is 1.99. The van der Waals surface area contributed by atoms with E-state index in [0.29, 0.717) is 18.4 Å². The molecule has 1 aromatic heterocycles. The second-order valence-electron chi connectivity index (χ2n) is 3.61. The minimum absolute atomic E-state index is 0.502. The minimum Gasteiger partial charge on any atom is -0.477 e. The number of aromatic nitrogens is 2. The van der Waals surface area contributed by atoms with E-state index in [0.717, 1.165) is 11.4 Å². The minimum atomic E-state index is 0.502. The third-order valence-electron chi connectivity index (χ3n) is 1.83. The van der Waals surface area contributed by atoms with Gasteiger partial charge in [-0.2, -0.15) is 0 Å². The molecule has 14 heavy (non-hydrogen) atoms. The van der Waals surface area contributed by atoms with E-state index in [2.05, 4.69) is 29.1 Å². The van der Waals surface area contributed by atoms with Crippen LogP contribution in [0.15, 0.2) is 6.33 Å². The maximum Gasteiger partial charge on any atom is 0.221 e. The second-order valence-corrected chi connectivity index (χ2v) is 3.61. The highest BCUT2D eigenvalue weighted by Crippen LogP contribution is 2.19. The zero-order valence-electron chi connectivity index (χ0n) is 9.16. The van der Waals surface area contributed by atoms with Gasteiger partial charge in [-0.05, 0) is 12.8 Å². The molecule has 0 aromatic carbocycles. The van der Waals surface area contributed by atoms with Crippen LogP contribution in [0.1, 0.15) is 19.4 Å². The Kier molecular flexibility index (Phi) is 3.68. The largest absolute Gasteiger partial charge is 0.477 e.